The fourth-order valence-electron chi connectivity index (χ4n) is 1.79. The quantitative estimate of drug-likeness (QED) is 0.707. The van der Waals surface area contributed by atoms with Crippen LogP contribution in [0.3, 0.4) is 0 Å². The third-order valence-electron chi connectivity index (χ3n) is 2.62. The number of aliphatic hydroxyl groups excluding tert-OH is 1. The normalized spacial score (nSPS) is 21.6. The summed E-state index contributed by atoms with van der Waals surface area (Å²) in [5.74, 6) is 0.348. The maximum atomic E-state index is 9.91. The molecule has 0 radical (unpaired) electrons. The Labute approximate surface area is 76.9 Å². The van der Waals surface area contributed by atoms with Crippen LogP contribution in [0.4, 0.5) is 0 Å². The van der Waals surface area contributed by atoms with Gasteiger partial charge in [-0.3, -0.25) is 0 Å². The zero-order chi connectivity index (χ0) is 9.10. The molecule has 72 valence electrons. The van der Waals surface area contributed by atoms with E-state index in [2.05, 4.69) is 10.5 Å². The van der Waals surface area contributed by atoms with Gasteiger partial charge in [-0.25, -0.2) is 0 Å². The van der Waals surface area contributed by atoms with Gasteiger partial charge in [0.15, 0.2) is 0 Å². The highest BCUT2D eigenvalue weighted by Crippen LogP contribution is 2.27. The molecule has 0 spiro atoms. The van der Waals surface area contributed by atoms with Crippen molar-refractivity contribution < 1.29 is 9.63 Å². The van der Waals surface area contributed by atoms with E-state index in [-0.39, 0.29) is 0 Å². The maximum absolute atomic E-state index is 9.91. The van der Waals surface area contributed by atoms with E-state index in [1.54, 1.807) is 6.20 Å². The molecule has 2 heterocycles. The Hall–Kier alpha value is -0.870. The second-order valence-corrected chi connectivity index (χ2v) is 3.49. The van der Waals surface area contributed by atoms with Crippen LogP contribution in [0.1, 0.15) is 24.5 Å². The molecule has 2 rings (SSSR count). The number of aromatic nitrogens is 1. The Balaban J connectivity index is 1.99. The highest BCUT2D eigenvalue weighted by atomic mass is 16.5. The first-order valence-electron chi connectivity index (χ1n) is 4.66. The van der Waals surface area contributed by atoms with Gasteiger partial charge in [0.1, 0.15) is 6.26 Å². The van der Waals surface area contributed by atoms with Gasteiger partial charge in [0.25, 0.3) is 0 Å². The molecule has 1 atom stereocenters. The van der Waals surface area contributed by atoms with Crippen molar-refractivity contribution in [2.45, 2.75) is 18.9 Å². The standard InChI is InChI=1S/C9H14N2O2/c12-9(8-5-11-13-6-8)7-1-3-10-4-2-7/h5-7,9-10,12H,1-4H2. The second-order valence-electron chi connectivity index (χ2n) is 3.49. The van der Waals surface area contributed by atoms with Crippen LogP contribution in [0.2, 0.25) is 0 Å². The van der Waals surface area contributed by atoms with Crippen LogP contribution in [0, 0.1) is 5.92 Å². The lowest BCUT2D eigenvalue weighted by Gasteiger charge is -2.26. The Kier molecular flexibility index (Phi) is 2.61. The first kappa shape index (κ1) is 8.72. The monoisotopic (exact) mass is 182 g/mol. The van der Waals surface area contributed by atoms with Crippen molar-refractivity contribution in [1.82, 2.24) is 10.5 Å². The fraction of sp³-hybridized carbons (Fsp3) is 0.667. The van der Waals surface area contributed by atoms with Crippen LogP contribution < -0.4 is 5.32 Å². The van der Waals surface area contributed by atoms with Crippen molar-refractivity contribution in [1.29, 1.82) is 0 Å². The first-order chi connectivity index (χ1) is 6.38. The molecule has 0 bridgehead atoms. The fourth-order valence-corrected chi connectivity index (χ4v) is 1.79. The van der Waals surface area contributed by atoms with Gasteiger partial charge < -0.3 is 14.9 Å². The smallest absolute Gasteiger partial charge is 0.129 e. The Morgan fingerprint density at radius 1 is 1.54 bits per heavy atom. The van der Waals surface area contributed by atoms with Crippen molar-refractivity contribution >= 4 is 0 Å². The van der Waals surface area contributed by atoms with E-state index in [1.165, 1.54) is 6.26 Å². The van der Waals surface area contributed by atoms with Crippen LogP contribution >= 0.6 is 0 Å². The molecule has 0 aliphatic carbocycles. The molecule has 1 fully saturated rings. The average Bonchev–Trinajstić information content (AvgIpc) is 2.71. The zero-order valence-electron chi connectivity index (χ0n) is 7.44. The Bertz CT molecular complexity index is 242. The average molecular weight is 182 g/mol. The van der Waals surface area contributed by atoms with Gasteiger partial charge >= 0.3 is 0 Å². The van der Waals surface area contributed by atoms with Crippen LogP contribution in [-0.4, -0.2) is 23.4 Å². The number of rotatable bonds is 2. The van der Waals surface area contributed by atoms with Gasteiger partial charge in [-0.05, 0) is 31.8 Å². The zero-order valence-corrected chi connectivity index (χ0v) is 7.44. The summed E-state index contributed by atoms with van der Waals surface area (Å²) < 4.78 is 4.70. The summed E-state index contributed by atoms with van der Waals surface area (Å²) in [7, 11) is 0. The van der Waals surface area contributed by atoms with Crippen LogP contribution in [0.15, 0.2) is 17.0 Å². The number of hydrogen-bond donors (Lipinski definition) is 2. The summed E-state index contributed by atoms with van der Waals surface area (Å²) in [6.45, 7) is 1.99. The molecule has 1 saturated heterocycles. The van der Waals surface area contributed by atoms with E-state index >= 15 is 0 Å². The number of nitrogens with one attached hydrogen (secondary N) is 1. The molecule has 1 aliphatic heterocycles. The predicted molar refractivity (Wildman–Crippen MR) is 47.1 cm³/mol. The van der Waals surface area contributed by atoms with Crippen LogP contribution in [0.25, 0.3) is 0 Å². The summed E-state index contributed by atoms with van der Waals surface area (Å²) in [6, 6.07) is 0. The van der Waals surface area contributed by atoms with E-state index in [9.17, 15) is 5.11 Å². The molecule has 1 aromatic heterocycles. The van der Waals surface area contributed by atoms with Gasteiger partial charge in [-0.1, -0.05) is 5.16 Å². The van der Waals surface area contributed by atoms with Gasteiger partial charge in [0, 0.05) is 5.56 Å². The van der Waals surface area contributed by atoms with E-state index in [0.717, 1.165) is 31.5 Å². The molecule has 13 heavy (non-hydrogen) atoms. The third-order valence-corrected chi connectivity index (χ3v) is 2.62. The van der Waals surface area contributed by atoms with Gasteiger partial charge in [-0.2, -0.15) is 0 Å². The molecule has 4 heteroatoms. The van der Waals surface area contributed by atoms with Crippen molar-refractivity contribution in [2.75, 3.05) is 13.1 Å². The molecule has 4 nitrogen and oxygen atoms in total. The van der Waals surface area contributed by atoms with E-state index < -0.39 is 6.10 Å². The van der Waals surface area contributed by atoms with E-state index in [1.807, 2.05) is 0 Å². The van der Waals surface area contributed by atoms with Crippen molar-refractivity contribution in [3.05, 3.63) is 18.0 Å². The van der Waals surface area contributed by atoms with E-state index in [4.69, 9.17) is 4.52 Å². The summed E-state index contributed by atoms with van der Waals surface area (Å²) >= 11 is 0. The molecule has 0 aromatic carbocycles. The highest BCUT2D eigenvalue weighted by Gasteiger charge is 2.23. The minimum absolute atomic E-state index is 0.348. The van der Waals surface area contributed by atoms with Crippen LogP contribution in [-0.2, 0) is 0 Å². The van der Waals surface area contributed by atoms with Crippen molar-refractivity contribution in [2.24, 2.45) is 5.92 Å². The number of hydrogen-bond acceptors (Lipinski definition) is 4. The van der Waals surface area contributed by atoms with Crippen molar-refractivity contribution in [3.8, 4) is 0 Å². The molecule has 1 aromatic rings. The topological polar surface area (TPSA) is 58.3 Å². The Morgan fingerprint density at radius 2 is 2.31 bits per heavy atom. The molecule has 0 saturated carbocycles. The lowest BCUT2D eigenvalue weighted by Crippen LogP contribution is -2.30. The lowest BCUT2D eigenvalue weighted by molar-refractivity contribution is 0.0884. The minimum Gasteiger partial charge on any atom is -0.388 e. The summed E-state index contributed by atoms with van der Waals surface area (Å²) in [5, 5.41) is 16.8. The molecular formula is C9H14N2O2. The highest BCUT2D eigenvalue weighted by molar-refractivity contribution is 5.06. The summed E-state index contributed by atoms with van der Waals surface area (Å²) in [6.07, 6.45) is 4.74. The van der Waals surface area contributed by atoms with Crippen LogP contribution in [0.5, 0.6) is 0 Å². The second kappa shape index (κ2) is 3.89. The SMILES string of the molecule is OC(c1cnoc1)C1CCNCC1. The number of aliphatic hydroxyl groups is 1. The number of piperidine rings is 1. The molecule has 0 amide bonds. The molecular weight excluding hydrogens is 168 g/mol. The van der Waals surface area contributed by atoms with Gasteiger partial charge in [-0.15, -0.1) is 0 Å². The van der Waals surface area contributed by atoms with E-state index in [0.29, 0.717) is 5.92 Å². The third kappa shape index (κ3) is 1.89. The summed E-state index contributed by atoms with van der Waals surface area (Å²) in [5.41, 5.74) is 0.798. The minimum atomic E-state index is -0.409. The number of nitrogens with zero attached hydrogens (tertiary/aromatic N) is 1. The van der Waals surface area contributed by atoms with Gasteiger partial charge in [0.05, 0.1) is 12.3 Å². The van der Waals surface area contributed by atoms with Crippen molar-refractivity contribution in [3.63, 3.8) is 0 Å². The Morgan fingerprint density at radius 3 is 2.92 bits per heavy atom. The molecule has 2 N–H and O–H groups in total. The maximum Gasteiger partial charge on any atom is 0.129 e. The first-order valence-corrected chi connectivity index (χ1v) is 4.66. The summed E-state index contributed by atoms with van der Waals surface area (Å²) in [4.78, 5) is 0. The molecule has 1 aliphatic rings. The largest absolute Gasteiger partial charge is 0.388 e. The predicted octanol–water partition coefficient (Wildman–Crippen LogP) is 0.708. The van der Waals surface area contributed by atoms with Gasteiger partial charge in [0.2, 0.25) is 0 Å². The lowest BCUT2D eigenvalue weighted by atomic mass is 9.89. The molecule has 1 unspecified atom stereocenters.